The standard InChI is InChI=1S/C30H36N6O2/c1-29(2,3)35-25(19-23(33-35)21-13-9-7-10-14-21)27(37)31-17-18-32-28(38)26-20-24(22-15-11-8-12-16-22)34-36(26)30(4,5)6/h7-16,19-20H,17-18H2,1-6H3,(H,31,37)(H,32,38). The highest BCUT2D eigenvalue weighted by Crippen LogP contribution is 2.25. The van der Waals surface area contributed by atoms with E-state index in [-0.39, 0.29) is 36.0 Å². The van der Waals surface area contributed by atoms with Gasteiger partial charge >= 0.3 is 0 Å². The zero-order chi connectivity index (χ0) is 27.5. The van der Waals surface area contributed by atoms with Gasteiger partial charge in [-0.2, -0.15) is 10.2 Å². The Morgan fingerprint density at radius 2 is 0.974 bits per heavy atom. The summed E-state index contributed by atoms with van der Waals surface area (Å²) in [6, 6.07) is 23.2. The van der Waals surface area contributed by atoms with Crippen LogP contribution in [0.15, 0.2) is 72.8 Å². The number of hydrogen-bond donors (Lipinski definition) is 2. The van der Waals surface area contributed by atoms with Crippen molar-refractivity contribution in [1.82, 2.24) is 30.2 Å². The lowest BCUT2D eigenvalue weighted by Crippen LogP contribution is -2.38. The fourth-order valence-electron chi connectivity index (χ4n) is 4.14. The molecule has 8 heteroatoms. The maximum absolute atomic E-state index is 13.1. The summed E-state index contributed by atoms with van der Waals surface area (Å²) in [4.78, 5) is 26.2. The first-order valence-electron chi connectivity index (χ1n) is 12.8. The summed E-state index contributed by atoms with van der Waals surface area (Å²) in [5.74, 6) is -0.482. The normalized spacial score (nSPS) is 11.8. The van der Waals surface area contributed by atoms with E-state index in [0.717, 1.165) is 22.5 Å². The topological polar surface area (TPSA) is 93.8 Å². The third-order valence-electron chi connectivity index (χ3n) is 5.99. The molecule has 0 saturated heterocycles. The highest BCUT2D eigenvalue weighted by atomic mass is 16.2. The third-order valence-corrected chi connectivity index (χ3v) is 5.99. The largest absolute Gasteiger partial charge is 0.349 e. The van der Waals surface area contributed by atoms with E-state index in [1.165, 1.54) is 0 Å². The Bertz CT molecular complexity index is 1300. The molecule has 0 atom stereocenters. The quantitative estimate of drug-likeness (QED) is 0.338. The SMILES string of the molecule is CC(C)(C)n1nc(-c2ccccc2)cc1C(=O)NCCNC(=O)c1cc(-c2ccccc2)nn1C(C)(C)C. The van der Waals surface area contributed by atoms with Crippen molar-refractivity contribution >= 4 is 11.8 Å². The zero-order valence-corrected chi connectivity index (χ0v) is 22.9. The van der Waals surface area contributed by atoms with Crippen LogP contribution in [0.3, 0.4) is 0 Å². The Labute approximate surface area is 224 Å². The average Bonchev–Trinajstić information content (AvgIpc) is 3.53. The van der Waals surface area contributed by atoms with E-state index in [4.69, 9.17) is 10.2 Å². The number of nitrogens with zero attached hydrogens (tertiary/aromatic N) is 4. The van der Waals surface area contributed by atoms with Gasteiger partial charge in [-0.1, -0.05) is 60.7 Å². The van der Waals surface area contributed by atoms with Crippen molar-refractivity contribution in [3.8, 4) is 22.5 Å². The van der Waals surface area contributed by atoms with Crippen LogP contribution >= 0.6 is 0 Å². The van der Waals surface area contributed by atoms with Gasteiger partial charge in [0, 0.05) is 24.2 Å². The van der Waals surface area contributed by atoms with Crippen molar-refractivity contribution < 1.29 is 9.59 Å². The maximum Gasteiger partial charge on any atom is 0.269 e. The molecule has 0 radical (unpaired) electrons. The molecule has 2 aromatic heterocycles. The van der Waals surface area contributed by atoms with Crippen molar-refractivity contribution in [3.63, 3.8) is 0 Å². The van der Waals surface area contributed by atoms with E-state index < -0.39 is 0 Å². The number of rotatable bonds is 7. The van der Waals surface area contributed by atoms with Crippen LogP contribution in [-0.4, -0.2) is 44.5 Å². The number of carbonyl (C=O) groups is 2. The van der Waals surface area contributed by atoms with Gasteiger partial charge in [0.25, 0.3) is 11.8 Å². The van der Waals surface area contributed by atoms with E-state index >= 15 is 0 Å². The van der Waals surface area contributed by atoms with Crippen LogP contribution in [0.2, 0.25) is 0 Å². The second kappa shape index (κ2) is 10.7. The van der Waals surface area contributed by atoms with Gasteiger partial charge in [-0.25, -0.2) is 0 Å². The number of hydrogen-bond acceptors (Lipinski definition) is 4. The van der Waals surface area contributed by atoms with Gasteiger partial charge in [-0.15, -0.1) is 0 Å². The Morgan fingerprint density at radius 1 is 0.632 bits per heavy atom. The van der Waals surface area contributed by atoms with Crippen molar-refractivity contribution in [2.75, 3.05) is 13.1 Å². The van der Waals surface area contributed by atoms with Crippen LogP contribution in [0, 0.1) is 0 Å². The molecule has 4 rings (SSSR count). The summed E-state index contributed by atoms with van der Waals surface area (Å²) < 4.78 is 3.49. The van der Waals surface area contributed by atoms with Crippen LogP contribution in [0.1, 0.15) is 62.5 Å². The monoisotopic (exact) mass is 512 g/mol. The minimum Gasteiger partial charge on any atom is -0.349 e. The molecule has 0 spiro atoms. The molecule has 4 aromatic rings. The lowest BCUT2D eigenvalue weighted by molar-refractivity contribution is 0.0909. The fourth-order valence-corrected chi connectivity index (χ4v) is 4.14. The summed E-state index contributed by atoms with van der Waals surface area (Å²) in [5.41, 5.74) is 3.56. The Kier molecular flexibility index (Phi) is 7.53. The molecule has 0 fully saturated rings. The summed E-state index contributed by atoms with van der Waals surface area (Å²) in [6.45, 7) is 12.6. The Morgan fingerprint density at radius 3 is 1.29 bits per heavy atom. The number of benzene rings is 2. The van der Waals surface area contributed by atoms with Gasteiger partial charge in [0.2, 0.25) is 0 Å². The smallest absolute Gasteiger partial charge is 0.269 e. The molecule has 0 aliphatic heterocycles. The molecule has 38 heavy (non-hydrogen) atoms. The molecule has 0 unspecified atom stereocenters. The molecule has 0 bridgehead atoms. The van der Waals surface area contributed by atoms with E-state index in [9.17, 15) is 9.59 Å². The first kappa shape index (κ1) is 26.9. The summed E-state index contributed by atoms with van der Waals surface area (Å²) >= 11 is 0. The molecule has 2 N–H and O–H groups in total. The number of nitrogens with one attached hydrogen (secondary N) is 2. The maximum atomic E-state index is 13.1. The van der Waals surface area contributed by atoms with Crippen molar-refractivity contribution in [2.45, 2.75) is 52.6 Å². The van der Waals surface area contributed by atoms with Gasteiger partial charge < -0.3 is 10.6 Å². The third kappa shape index (κ3) is 6.02. The zero-order valence-electron chi connectivity index (χ0n) is 22.9. The lowest BCUT2D eigenvalue weighted by Gasteiger charge is -2.22. The van der Waals surface area contributed by atoms with Gasteiger partial charge in [0.15, 0.2) is 0 Å². The molecule has 8 nitrogen and oxygen atoms in total. The molecule has 198 valence electrons. The summed E-state index contributed by atoms with van der Waals surface area (Å²) in [6.07, 6.45) is 0. The first-order valence-corrected chi connectivity index (χ1v) is 12.8. The second-order valence-electron chi connectivity index (χ2n) is 11.2. The Balaban J connectivity index is 1.43. The van der Waals surface area contributed by atoms with Gasteiger partial charge in [-0.3, -0.25) is 19.0 Å². The molecule has 0 aliphatic carbocycles. The van der Waals surface area contributed by atoms with Gasteiger partial charge in [-0.05, 0) is 53.7 Å². The molecular formula is C30H36N6O2. The van der Waals surface area contributed by atoms with E-state index in [1.807, 2.05) is 114 Å². The van der Waals surface area contributed by atoms with Crippen LogP contribution in [0.4, 0.5) is 0 Å². The summed E-state index contributed by atoms with van der Waals surface area (Å²) in [7, 11) is 0. The van der Waals surface area contributed by atoms with Crippen LogP contribution in [0.25, 0.3) is 22.5 Å². The molecule has 0 aliphatic rings. The predicted molar refractivity (Wildman–Crippen MR) is 150 cm³/mol. The number of aromatic nitrogens is 4. The van der Waals surface area contributed by atoms with Crippen molar-refractivity contribution in [1.29, 1.82) is 0 Å². The highest BCUT2D eigenvalue weighted by Gasteiger charge is 2.25. The van der Waals surface area contributed by atoms with E-state index in [2.05, 4.69) is 10.6 Å². The Hall–Kier alpha value is -4.20. The molecule has 0 saturated carbocycles. The lowest BCUT2D eigenvalue weighted by atomic mass is 10.1. The predicted octanol–water partition coefficient (Wildman–Crippen LogP) is 5.08. The minimum absolute atomic E-state index is 0.241. The van der Waals surface area contributed by atoms with Crippen molar-refractivity contribution in [2.24, 2.45) is 0 Å². The van der Waals surface area contributed by atoms with Crippen LogP contribution in [-0.2, 0) is 11.1 Å². The average molecular weight is 513 g/mol. The fraction of sp³-hybridized carbons (Fsp3) is 0.333. The van der Waals surface area contributed by atoms with Crippen molar-refractivity contribution in [3.05, 3.63) is 84.2 Å². The van der Waals surface area contributed by atoms with Gasteiger partial charge in [0.1, 0.15) is 11.4 Å². The number of carbonyl (C=O) groups excluding carboxylic acids is 2. The van der Waals surface area contributed by atoms with Gasteiger partial charge in [0.05, 0.1) is 22.5 Å². The number of amides is 2. The minimum atomic E-state index is -0.379. The molecule has 2 amide bonds. The molecule has 2 heterocycles. The van der Waals surface area contributed by atoms with E-state index in [0.29, 0.717) is 11.4 Å². The molecular weight excluding hydrogens is 476 g/mol. The van der Waals surface area contributed by atoms with E-state index in [1.54, 1.807) is 9.36 Å². The molecule has 2 aromatic carbocycles. The summed E-state index contributed by atoms with van der Waals surface area (Å²) in [5, 5.41) is 15.3. The second-order valence-corrected chi connectivity index (χ2v) is 11.2. The first-order chi connectivity index (χ1) is 17.9. The van der Waals surface area contributed by atoms with Crippen LogP contribution in [0.5, 0.6) is 0 Å². The van der Waals surface area contributed by atoms with Crippen LogP contribution < -0.4 is 10.6 Å². The highest BCUT2D eigenvalue weighted by molar-refractivity contribution is 5.95.